The van der Waals surface area contributed by atoms with Gasteiger partial charge in [-0.3, -0.25) is 14.2 Å². The number of carbonyl (C=O) groups is 1. The second-order valence-corrected chi connectivity index (χ2v) is 10.5. The van der Waals surface area contributed by atoms with Gasteiger partial charge in [-0.05, 0) is 59.9 Å². The molecule has 0 spiro atoms. The third-order valence-electron chi connectivity index (χ3n) is 6.61. The largest absolute Gasteiger partial charge is 0.497 e. The number of anilines is 1. The Morgan fingerprint density at radius 2 is 1.79 bits per heavy atom. The van der Waals surface area contributed by atoms with Crippen LogP contribution in [0, 0.1) is 0 Å². The predicted molar refractivity (Wildman–Crippen MR) is 152 cm³/mol. The van der Waals surface area contributed by atoms with Crippen LogP contribution in [0.2, 0.25) is 0 Å². The van der Waals surface area contributed by atoms with Gasteiger partial charge in [0.15, 0.2) is 4.80 Å². The normalized spacial score (nSPS) is 15.3. The average Bonchev–Trinajstić information content (AvgIpc) is 3.22. The van der Waals surface area contributed by atoms with E-state index in [1.54, 1.807) is 11.7 Å². The van der Waals surface area contributed by atoms with Crippen molar-refractivity contribution in [3.05, 3.63) is 127 Å². The lowest BCUT2D eigenvalue weighted by Crippen LogP contribution is -2.40. The number of benzene rings is 3. The fourth-order valence-corrected chi connectivity index (χ4v) is 5.63. The Balaban J connectivity index is 1.65. The Labute approximate surface area is 225 Å². The molecule has 3 aromatic carbocycles. The molecular weight excluding hydrogens is 494 g/mol. The number of aromatic nitrogens is 1. The minimum absolute atomic E-state index is 0.188. The van der Waals surface area contributed by atoms with Crippen molar-refractivity contribution in [3.63, 3.8) is 0 Å². The van der Waals surface area contributed by atoms with Gasteiger partial charge in [0, 0.05) is 5.69 Å². The first-order chi connectivity index (χ1) is 18.4. The Bertz CT molecular complexity index is 1700. The highest BCUT2D eigenvalue weighted by Crippen LogP contribution is 2.32. The van der Waals surface area contributed by atoms with Gasteiger partial charge in [0.2, 0.25) is 0 Å². The summed E-state index contributed by atoms with van der Waals surface area (Å²) in [6.07, 6.45) is 1.89. The molecule has 1 aromatic heterocycles. The van der Waals surface area contributed by atoms with Crippen LogP contribution in [0.3, 0.4) is 0 Å². The van der Waals surface area contributed by atoms with E-state index in [2.05, 4.69) is 31.3 Å². The number of amides is 1. The molecule has 0 aliphatic carbocycles. The van der Waals surface area contributed by atoms with E-state index in [4.69, 9.17) is 9.73 Å². The molecule has 38 heavy (non-hydrogen) atoms. The summed E-state index contributed by atoms with van der Waals surface area (Å²) in [4.78, 5) is 32.8. The average molecular weight is 524 g/mol. The van der Waals surface area contributed by atoms with Crippen molar-refractivity contribution >= 4 is 29.0 Å². The fourth-order valence-electron chi connectivity index (χ4n) is 4.59. The van der Waals surface area contributed by atoms with Crippen LogP contribution in [0.1, 0.15) is 49.4 Å². The number of hydrogen-bond donors (Lipinski definition) is 1. The molecule has 4 aromatic rings. The highest BCUT2D eigenvalue weighted by atomic mass is 32.1. The van der Waals surface area contributed by atoms with Gasteiger partial charge in [-0.1, -0.05) is 79.8 Å². The number of carbonyl (C=O) groups excluding carboxylic acids is 1. The first-order valence-corrected chi connectivity index (χ1v) is 13.3. The zero-order chi connectivity index (χ0) is 26.8. The molecule has 2 heterocycles. The van der Waals surface area contributed by atoms with E-state index >= 15 is 0 Å². The van der Waals surface area contributed by atoms with E-state index in [-0.39, 0.29) is 11.5 Å². The van der Waals surface area contributed by atoms with Crippen molar-refractivity contribution in [2.75, 3.05) is 12.4 Å². The molecule has 1 aliphatic heterocycles. The zero-order valence-corrected chi connectivity index (χ0v) is 22.6. The summed E-state index contributed by atoms with van der Waals surface area (Å²) < 4.78 is 7.65. The lowest BCUT2D eigenvalue weighted by atomic mass is 9.95. The number of thiazole rings is 1. The SMILES string of the molecule is COc1cccc(C2C(C(=O)Nc3ccccc3)=C(C)N=c3s/c(=C\c4ccc(C(C)C)cc4)c(=O)n32)c1. The standard InChI is InChI=1S/C31H29N3O3S/c1-19(2)22-15-13-21(14-16-22)17-26-30(36)34-28(23-9-8-12-25(18-23)37-4)27(20(3)32-31(34)38-26)29(35)33-24-10-6-5-7-11-24/h5-19,28H,1-4H3,(H,33,35)/b26-17-. The molecule has 1 atom stereocenters. The van der Waals surface area contributed by atoms with Gasteiger partial charge in [0.25, 0.3) is 11.5 Å². The number of nitrogens with zero attached hydrogens (tertiary/aromatic N) is 2. The Kier molecular flexibility index (Phi) is 7.11. The molecule has 0 fully saturated rings. The highest BCUT2D eigenvalue weighted by Gasteiger charge is 2.32. The zero-order valence-electron chi connectivity index (χ0n) is 21.8. The van der Waals surface area contributed by atoms with E-state index < -0.39 is 6.04 Å². The van der Waals surface area contributed by atoms with Crippen molar-refractivity contribution < 1.29 is 9.53 Å². The maximum Gasteiger partial charge on any atom is 0.271 e. The van der Waals surface area contributed by atoms with Crippen molar-refractivity contribution in [1.29, 1.82) is 0 Å². The highest BCUT2D eigenvalue weighted by molar-refractivity contribution is 7.07. The number of para-hydroxylation sites is 1. The number of nitrogens with one attached hydrogen (secondary N) is 1. The first kappa shape index (κ1) is 25.4. The van der Waals surface area contributed by atoms with Crippen molar-refractivity contribution in [3.8, 4) is 5.75 Å². The van der Waals surface area contributed by atoms with Crippen molar-refractivity contribution in [2.45, 2.75) is 32.7 Å². The smallest absolute Gasteiger partial charge is 0.271 e. The molecule has 7 heteroatoms. The first-order valence-electron chi connectivity index (χ1n) is 12.5. The third-order valence-corrected chi connectivity index (χ3v) is 7.59. The van der Waals surface area contributed by atoms with Gasteiger partial charge < -0.3 is 10.1 Å². The van der Waals surface area contributed by atoms with Gasteiger partial charge in [0.1, 0.15) is 5.75 Å². The second-order valence-electron chi connectivity index (χ2n) is 9.50. The lowest BCUT2D eigenvalue weighted by molar-refractivity contribution is -0.113. The summed E-state index contributed by atoms with van der Waals surface area (Å²) in [5.41, 5.74) is 4.42. The molecule has 1 unspecified atom stereocenters. The van der Waals surface area contributed by atoms with E-state index in [9.17, 15) is 9.59 Å². The monoisotopic (exact) mass is 523 g/mol. The number of methoxy groups -OCH3 is 1. The second kappa shape index (κ2) is 10.6. The molecule has 1 amide bonds. The maximum absolute atomic E-state index is 13.9. The van der Waals surface area contributed by atoms with Gasteiger partial charge in [-0.2, -0.15) is 0 Å². The molecule has 192 valence electrons. The molecular formula is C31H29N3O3S. The number of fused-ring (bicyclic) bond motifs is 1. The fraction of sp³-hybridized carbons (Fsp3) is 0.194. The third kappa shape index (κ3) is 4.97. The van der Waals surface area contributed by atoms with Crippen molar-refractivity contribution in [2.24, 2.45) is 4.99 Å². The molecule has 0 saturated heterocycles. The summed E-state index contributed by atoms with van der Waals surface area (Å²) in [6.45, 7) is 6.12. The van der Waals surface area contributed by atoms with Crippen LogP contribution in [0.25, 0.3) is 6.08 Å². The van der Waals surface area contributed by atoms with Gasteiger partial charge in [-0.25, -0.2) is 4.99 Å². The van der Waals surface area contributed by atoms with Crippen LogP contribution in [-0.2, 0) is 4.79 Å². The molecule has 6 nitrogen and oxygen atoms in total. The van der Waals surface area contributed by atoms with Crippen LogP contribution in [0.4, 0.5) is 5.69 Å². The summed E-state index contributed by atoms with van der Waals surface area (Å²) >= 11 is 1.33. The van der Waals surface area contributed by atoms with Crippen LogP contribution in [0.15, 0.2) is 99.9 Å². The topological polar surface area (TPSA) is 72.7 Å². The Hall–Kier alpha value is -4.23. The number of rotatable bonds is 6. The van der Waals surface area contributed by atoms with Gasteiger partial charge in [0.05, 0.1) is 29.0 Å². The Morgan fingerprint density at radius 1 is 1.05 bits per heavy atom. The minimum atomic E-state index is -0.657. The number of ether oxygens (including phenoxy) is 1. The minimum Gasteiger partial charge on any atom is -0.497 e. The number of hydrogen-bond acceptors (Lipinski definition) is 5. The van der Waals surface area contributed by atoms with E-state index in [0.29, 0.717) is 38.0 Å². The van der Waals surface area contributed by atoms with E-state index in [1.807, 2.05) is 79.7 Å². The summed E-state index contributed by atoms with van der Waals surface area (Å²) in [6, 6.07) is 24.3. The summed E-state index contributed by atoms with van der Waals surface area (Å²) in [5.74, 6) is 0.775. The summed E-state index contributed by atoms with van der Waals surface area (Å²) in [5, 5.41) is 2.97. The van der Waals surface area contributed by atoms with Crippen molar-refractivity contribution in [1.82, 2.24) is 4.57 Å². The van der Waals surface area contributed by atoms with Gasteiger partial charge >= 0.3 is 0 Å². The molecule has 1 N–H and O–H groups in total. The van der Waals surface area contributed by atoms with E-state index in [1.165, 1.54) is 16.9 Å². The van der Waals surface area contributed by atoms with Crippen LogP contribution in [0.5, 0.6) is 5.75 Å². The molecule has 0 bridgehead atoms. The molecule has 0 radical (unpaired) electrons. The molecule has 1 aliphatic rings. The quantitative estimate of drug-likeness (QED) is 0.386. The van der Waals surface area contributed by atoms with Crippen LogP contribution in [-0.4, -0.2) is 17.6 Å². The van der Waals surface area contributed by atoms with E-state index in [0.717, 1.165) is 11.1 Å². The maximum atomic E-state index is 13.9. The Morgan fingerprint density at radius 3 is 2.47 bits per heavy atom. The molecule has 0 saturated carbocycles. The van der Waals surface area contributed by atoms with Crippen LogP contribution >= 0.6 is 11.3 Å². The summed E-state index contributed by atoms with van der Waals surface area (Å²) in [7, 11) is 1.60. The predicted octanol–water partition coefficient (Wildman–Crippen LogP) is 5.01. The molecule has 5 rings (SSSR count). The number of allylic oxidation sites excluding steroid dienone is 1. The van der Waals surface area contributed by atoms with Gasteiger partial charge in [-0.15, -0.1) is 0 Å². The van der Waals surface area contributed by atoms with Crippen LogP contribution < -0.4 is 24.9 Å². The lowest BCUT2D eigenvalue weighted by Gasteiger charge is -2.25.